The topological polar surface area (TPSA) is 38.3 Å². The average molecular weight is 227 g/mol. The van der Waals surface area contributed by atoms with E-state index in [0.717, 1.165) is 11.6 Å². The lowest BCUT2D eigenvalue weighted by molar-refractivity contribution is 0.124. The summed E-state index contributed by atoms with van der Waals surface area (Å²) in [6.45, 7) is 3.87. The van der Waals surface area contributed by atoms with Crippen molar-refractivity contribution < 1.29 is 4.74 Å². The second kappa shape index (κ2) is 4.90. The molecule has 1 fully saturated rings. The van der Waals surface area contributed by atoms with Crippen LogP contribution in [0.5, 0.6) is 5.19 Å². The summed E-state index contributed by atoms with van der Waals surface area (Å²) < 4.78 is 5.64. The van der Waals surface area contributed by atoms with Crippen molar-refractivity contribution in [2.24, 2.45) is 0 Å². The molecule has 0 unspecified atom stereocenters. The van der Waals surface area contributed by atoms with Crippen LogP contribution in [-0.2, 0) is 0 Å². The first-order valence-corrected chi connectivity index (χ1v) is 6.20. The van der Waals surface area contributed by atoms with Crippen LogP contribution in [0.1, 0.15) is 24.3 Å². The molecule has 0 aromatic carbocycles. The van der Waals surface area contributed by atoms with Gasteiger partial charge in [-0.1, -0.05) is 17.8 Å². The fourth-order valence-electron chi connectivity index (χ4n) is 1.86. The fourth-order valence-corrected chi connectivity index (χ4v) is 2.40. The molecule has 15 heavy (non-hydrogen) atoms. The Morgan fingerprint density at radius 3 is 3.00 bits per heavy atom. The minimum Gasteiger partial charge on any atom is -0.467 e. The number of hydrogen-bond acceptors (Lipinski definition) is 5. The Hall–Kier alpha value is -0.680. The third kappa shape index (κ3) is 2.89. The number of hydrogen-bond donors (Lipinski definition) is 0. The van der Waals surface area contributed by atoms with E-state index in [0.29, 0.717) is 11.2 Å². The predicted molar refractivity (Wildman–Crippen MR) is 60.4 cm³/mol. The molecule has 1 aliphatic rings. The Labute approximate surface area is 94.3 Å². The molecule has 1 aromatic heterocycles. The Morgan fingerprint density at radius 2 is 2.33 bits per heavy atom. The lowest BCUT2D eigenvalue weighted by Crippen LogP contribution is -2.40. The molecule has 4 nitrogen and oxygen atoms in total. The molecule has 1 aromatic rings. The van der Waals surface area contributed by atoms with Crippen molar-refractivity contribution >= 4 is 11.3 Å². The Kier molecular flexibility index (Phi) is 3.53. The Morgan fingerprint density at radius 1 is 1.47 bits per heavy atom. The van der Waals surface area contributed by atoms with Crippen molar-refractivity contribution in [3.63, 3.8) is 0 Å². The molecule has 0 amide bonds. The molecule has 0 radical (unpaired) electrons. The Balaban J connectivity index is 1.81. The quantitative estimate of drug-likeness (QED) is 0.788. The van der Waals surface area contributed by atoms with Crippen LogP contribution < -0.4 is 4.74 Å². The van der Waals surface area contributed by atoms with Crippen LogP contribution in [0.2, 0.25) is 0 Å². The summed E-state index contributed by atoms with van der Waals surface area (Å²) in [4.78, 5) is 2.37. The maximum atomic E-state index is 5.64. The van der Waals surface area contributed by atoms with Crippen LogP contribution in [-0.4, -0.2) is 41.3 Å². The summed E-state index contributed by atoms with van der Waals surface area (Å²) in [6.07, 6.45) is 3.85. The highest BCUT2D eigenvalue weighted by molar-refractivity contribution is 7.12. The lowest BCUT2D eigenvalue weighted by Gasteiger charge is -2.31. The molecule has 0 saturated carbocycles. The second-order valence-electron chi connectivity index (χ2n) is 4.03. The highest BCUT2D eigenvalue weighted by atomic mass is 32.1. The number of ether oxygens (including phenoxy) is 1. The first-order valence-electron chi connectivity index (χ1n) is 5.39. The summed E-state index contributed by atoms with van der Waals surface area (Å²) in [5, 5.41) is 9.54. The summed E-state index contributed by atoms with van der Waals surface area (Å²) in [5.41, 5.74) is 0. The van der Waals surface area contributed by atoms with Gasteiger partial charge in [0.05, 0.1) is 0 Å². The van der Waals surface area contributed by atoms with Crippen LogP contribution in [0.4, 0.5) is 0 Å². The maximum Gasteiger partial charge on any atom is 0.294 e. The first kappa shape index (κ1) is 10.8. The van der Waals surface area contributed by atoms with Gasteiger partial charge in [0.1, 0.15) is 11.6 Å². The van der Waals surface area contributed by atoms with Gasteiger partial charge in [0.15, 0.2) is 0 Å². The number of likely N-dealkylation sites (tertiary alicyclic amines) is 1. The van der Waals surface area contributed by atoms with Gasteiger partial charge in [-0.25, -0.2) is 0 Å². The van der Waals surface area contributed by atoms with Gasteiger partial charge in [-0.3, -0.25) is 0 Å². The molecule has 2 heterocycles. The minimum atomic E-state index is 0.544. The zero-order valence-electron chi connectivity index (χ0n) is 9.27. The number of nitrogens with zero attached hydrogens (tertiary/aromatic N) is 3. The smallest absolute Gasteiger partial charge is 0.294 e. The van der Waals surface area contributed by atoms with E-state index < -0.39 is 0 Å². The lowest BCUT2D eigenvalue weighted by atomic mass is 10.0. The van der Waals surface area contributed by atoms with Crippen molar-refractivity contribution in [1.82, 2.24) is 15.1 Å². The number of piperidine rings is 1. The molecule has 5 heteroatoms. The standard InChI is InChI=1S/C10H17N3OS/c1-8-11-12-10(15-8)14-7-9-5-3-4-6-13(9)2/h9H,3-7H2,1-2H3/t9-/m1/s1. The molecule has 0 N–H and O–H groups in total. The van der Waals surface area contributed by atoms with E-state index >= 15 is 0 Å². The Bertz CT molecular complexity index is 315. The van der Waals surface area contributed by atoms with Gasteiger partial charge in [0, 0.05) is 6.04 Å². The summed E-state index contributed by atoms with van der Waals surface area (Å²) in [7, 11) is 2.17. The van der Waals surface area contributed by atoms with Crippen LogP contribution >= 0.6 is 11.3 Å². The van der Waals surface area contributed by atoms with E-state index in [-0.39, 0.29) is 0 Å². The zero-order valence-corrected chi connectivity index (χ0v) is 10.1. The predicted octanol–water partition coefficient (Wildman–Crippen LogP) is 1.71. The van der Waals surface area contributed by atoms with Crippen molar-refractivity contribution in [2.45, 2.75) is 32.2 Å². The number of aryl methyl sites for hydroxylation is 1. The molecule has 84 valence electrons. The number of likely N-dealkylation sites (N-methyl/N-ethyl adjacent to an activating group) is 1. The molecule has 0 spiro atoms. The zero-order chi connectivity index (χ0) is 10.7. The minimum absolute atomic E-state index is 0.544. The van der Waals surface area contributed by atoms with Crippen LogP contribution in [0.3, 0.4) is 0 Å². The normalized spacial score (nSPS) is 22.9. The van der Waals surface area contributed by atoms with Crippen LogP contribution in [0.25, 0.3) is 0 Å². The molecular weight excluding hydrogens is 210 g/mol. The summed E-state index contributed by atoms with van der Waals surface area (Å²) in [6, 6.07) is 0.544. The molecule has 1 saturated heterocycles. The molecule has 1 aliphatic heterocycles. The monoisotopic (exact) mass is 227 g/mol. The second-order valence-corrected chi connectivity index (χ2v) is 5.17. The highest BCUT2D eigenvalue weighted by Crippen LogP contribution is 2.19. The largest absolute Gasteiger partial charge is 0.467 e. The SMILES string of the molecule is Cc1nnc(OC[C@H]2CCCCN2C)s1. The van der Waals surface area contributed by atoms with Gasteiger partial charge < -0.3 is 9.64 Å². The third-order valence-corrected chi connectivity index (χ3v) is 3.58. The number of rotatable bonds is 3. The molecule has 0 bridgehead atoms. The summed E-state index contributed by atoms with van der Waals surface area (Å²) in [5.74, 6) is 0. The van der Waals surface area contributed by atoms with Gasteiger partial charge >= 0.3 is 0 Å². The highest BCUT2D eigenvalue weighted by Gasteiger charge is 2.19. The van der Waals surface area contributed by atoms with E-state index in [4.69, 9.17) is 4.74 Å². The van der Waals surface area contributed by atoms with E-state index in [2.05, 4.69) is 22.1 Å². The average Bonchev–Trinajstić information content (AvgIpc) is 2.63. The van der Waals surface area contributed by atoms with E-state index in [1.54, 1.807) is 0 Å². The van der Waals surface area contributed by atoms with Gasteiger partial charge in [-0.05, 0) is 33.4 Å². The van der Waals surface area contributed by atoms with Gasteiger partial charge in [0.25, 0.3) is 5.19 Å². The molecular formula is C10H17N3OS. The van der Waals surface area contributed by atoms with Crippen molar-refractivity contribution in [3.8, 4) is 5.19 Å². The third-order valence-electron chi connectivity index (χ3n) is 2.83. The summed E-state index contributed by atoms with van der Waals surface area (Å²) >= 11 is 1.51. The van der Waals surface area contributed by atoms with Crippen molar-refractivity contribution in [3.05, 3.63) is 5.01 Å². The molecule has 2 rings (SSSR count). The maximum absolute atomic E-state index is 5.64. The van der Waals surface area contributed by atoms with Crippen molar-refractivity contribution in [1.29, 1.82) is 0 Å². The molecule has 0 aliphatic carbocycles. The first-order chi connectivity index (χ1) is 7.25. The van der Waals surface area contributed by atoms with Gasteiger partial charge in [-0.2, -0.15) is 0 Å². The van der Waals surface area contributed by atoms with E-state index in [9.17, 15) is 0 Å². The van der Waals surface area contributed by atoms with Gasteiger partial charge in [0.2, 0.25) is 0 Å². The van der Waals surface area contributed by atoms with Crippen molar-refractivity contribution in [2.75, 3.05) is 20.2 Å². The van der Waals surface area contributed by atoms with Gasteiger partial charge in [-0.15, -0.1) is 10.2 Å². The van der Waals surface area contributed by atoms with Crippen LogP contribution in [0, 0.1) is 6.92 Å². The van der Waals surface area contributed by atoms with E-state index in [1.165, 1.54) is 37.1 Å². The molecule has 1 atom stereocenters. The van der Waals surface area contributed by atoms with E-state index in [1.807, 2.05) is 6.92 Å². The fraction of sp³-hybridized carbons (Fsp3) is 0.800. The van der Waals surface area contributed by atoms with Crippen LogP contribution in [0.15, 0.2) is 0 Å². The number of aromatic nitrogens is 2.